The van der Waals surface area contributed by atoms with Gasteiger partial charge in [0, 0.05) is 10.9 Å². The number of thioether (sulfide) groups is 1. The SMILES string of the molecule is O=c1c2ccccc2nc(CSc2ccccc2)n1C1CCCC1. The Morgan fingerprint density at radius 3 is 2.50 bits per heavy atom. The molecule has 0 saturated heterocycles. The number of nitrogens with zero attached hydrogens (tertiary/aromatic N) is 2. The van der Waals surface area contributed by atoms with Gasteiger partial charge in [0.05, 0.1) is 16.7 Å². The molecule has 1 heterocycles. The van der Waals surface area contributed by atoms with E-state index in [1.807, 2.05) is 47.0 Å². The molecule has 24 heavy (non-hydrogen) atoms. The second-order valence-electron chi connectivity index (χ2n) is 6.26. The molecule has 0 aliphatic heterocycles. The first-order valence-electron chi connectivity index (χ1n) is 8.51. The number of rotatable bonds is 4. The predicted octanol–water partition coefficient (Wildman–Crippen LogP) is 4.80. The van der Waals surface area contributed by atoms with Crippen molar-refractivity contribution in [3.05, 3.63) is 70.8 Å². The van der Waals surface area contributed by atoms with Crippen LogP contribution in [-0.4, -0.2) is 9.55 Å². The molecule has 1 fully saturated rings. The van der Waals surface area contributed by atoms with Gasteiger partial charge in [-0.1, -0.05) is 43.2 Å². The van der Waals surface area contributed by atoms with Crippen molar-refractivity contribution >= 4 is 22.7 Å². The minimum Gasteiger partial charge on any atom is -0.292 e. The molecule has 0 spiro atoms. The summed E-state index contributed by atoms with van der Waals surface area (Å²) in [5.41, 5.74) is 0.927. The second-order valence-corrected chi connectivity index (χ2v) is 7.31. The Morgan fingerprint density at radius 1 is 1.00 bits per heavy atom. The molecular weight excluding hydrogens is 316 g/mol. The molecule has 0 unspecified atom stereocenters. The molecular formula is C20H20N2OS. The van der Waals surface area contributed by atoms with Gasteiger partial charge in [0.25, 0.3) is 5.56 Å². The molecule has 4 heteroatoms. The Kier molecular flexibility index (Phi) is 4.39. The Hall–Kier alpha value is -2.07. The van der Waals surface area contributed by atoms with E-state index in [9.17, 15) is 4.79 Å². The molecule has 1 aliphatic carbocycles. The van der Waals surface area contributed by atoms with Crippen LogP contribution in [0.15, 0.2) is 64.3 Å². The van der Waals surface area contributed by atoms with E-state index >= 15 is 0 Å². The van der Waals surface area contributed by atoms with Crippen molar-refractivity contribution in [2.75, 3.05) is 0 Å². The zero-order valence-corrected chi connectivity index (χ0v) is 14.3. The number of hydrogen-bond acceptors (Lipinski definition) is 3. The molecule has 1 aromatic heterocycles. The number of para-hydroxylation sites is 1. The Morgan fingerprint density at radius 2 is 1.71 bits per heavy atom. The van der Waals surface area contributed by atoms with Gasteiger partial charge in [0.2, 0.25) is 0 Å². The molecule has 4 rings (SSSR count). The fraction of sp³-hybridized carbons (Fsp3) is 0.300. The van der Waals surface area contributed by atoms with E-state index in [0.717, 1.165) is 35.3 Å². The van der Waals surface area contributed by atoms with Crippen molar-refractivity contribution in [3.8, 4) is 0 Å². The van der Waals surface area contributed by atoms with Gasteiger partial charge in [-0.25, -0.2) is 4.98 Å². The van der Waals surface area contributed by atoms with Crippen LogP contribution in [0.5, 0.6) is 0 Å². The largest absolute Gasteiger partial charge is 0.292 e. The first-order chi connectivity index (χ1) is 11.8. The van der Waals surface area contributed by atoms with E-state index in [1.54, 1.807) is 11.8 Å². The molecule has 1 saturated carbocycles. The topological polar surface area (TPSA) is 34.9 Å². The average Bonchev–Trinajstić information content (AvgIpc) is 3.15. The van der Waals surface area contributed by atoms with E-state index < -0.39 is 0 Å². The Bertz CT molecular complexity index is 898. The first kappa shape index (κ1) is 15.5. The van der Waals surface area contributed by atoms with Gasteiger partial charge >= 0.3 is 0 Å². The van der Waals surface area contributed by atoms with Gasteiger partial charge < -0.3 is 0 Å². The third kappa shape index (κ3) is 2.98. The third-order valence-corrected chi connectivity index (χ3v) is 5.69. The zero-order chi connectivity index (χ0) is 16.4. The molecule has 0 amide bonds. The Balaban J connectivity index is 1.77. The summed E-state index contributed by atoms with van der Waals surface area (Å²) in [6, 6.07) is 18.3. The highest BCUT2D eigenvalue weighted by Crippen LogP contribution is 2.31. The number of hydrogen-bond donors (Lipinski definition) is 0. The quantitative estimate of drug-likeness (QED) is 0.642. The minimum atomic E-state index is 0.121. The maximum atomic E-state index is 13.1. The van der Waals surface area contributed by atoms with Crippen molar-refractivity contribution in [1.29, 1.82) is 0 Å². The number of fused-ring (bicyclic) bond motifs is 1. The van der Waals surface area contributed by atoms with Crippen LogP contribution in [-0.2, 0) is 5.75 Å². The first-order valence-corrected chi connectivity index (χ1v) is 9.49. The summed E-state index contributed by atoms with van der Waals surface area (Å²) in [6.07, 6.45) is 4.58. The second kappa shape index (κ2) is 6.81. The lowest BCUT2D eigenvalue weighted by Crippen LogP contribution is -2.28. The summed E-state index contributed by atoms with van der Waals surface area (Å²) in [7, 11) is 0. The van der Waals surface area contributed by atoms with E-state index in [-0.39, 0.29) is 5.56 Å². The average molecular weight is 336 g/mol. The van der Waals surface area contributed by atoms with Crippen LogP contribution in [0, 0.1) is 0 Å². The van der Waals surface area contributed by atoms with Crippen molar-refractivity contribution in [2.45, 2.75) is 42.4 Å². The maximum Gasteiger partial charge on any atom is 0.261 e. The van der Waals surface area contributed by atoms with E-state index in [1.165, 1.54) is 17.7 Å². The highest BCUT2D eigenvalue weighted by atomic mass is 32.2. The molecule has 0 atom stereocenters. The van der Waals surface area contributed by atoms with Crippen molar-refractivity contribution < 1.29 is 0 Å². The van der Waals surface area contributed by atoms with Gasteiger partial charge in [-0.05, 0) is 37.1 Å². The normalized spacial score (nSPS) is 15.2. The minimum absolute atomic E-state index is 0.121. The summed E-state index contributed by atoms with van der Waals surface area (Å²) in [4.78, 5) is 19.1. The summed E-state index contributed by atoms with van der Waals surface area (Å²) in [5.74, 6) is 1.63. The lowest BCUT2D eigenvalue weighted by atomic mass is 10.2. The van der Waals surface area contributed by atoms with Crippen molar-refractivity contribution in [2.24, 2.45) is 0 Å². The van der Waals surface area contributed by atoms with Crippen molar-refractivity contribution in [3.63, 3.8) is 0 Å². The van der Waals surface area contributed by atoms with Gasteiger partial charge in [-0.15, -0.1) is 11.8 Å². The van der Waals surface area contributed by atoms with Crippen molar-refractivity contribution in [1.82, 2.24) is 9.55 Å². The molecule has 122 valence electrons. The molecule has 0 radical (unpaired) electrons. The van der Waals surface area contributed by atoms with E-state index in [0.29, 0.717) is 6.04 Å². The molecule has 0 bridgehead atoms. The van der Waals surface area contributed by atoms with E-state index in [2.05, 4.69) is 12.1 Å². The highest BCUT2D eigenvalue weighted by molar-refractivity contribution is 7.98. The van der Waals surface area contributed by atoms with Crippen LogP contribution >= 0.6 is 11.8 Å². The number of aromatic nitrogens is 2. The predicted molar refractivity (Wildman–Crippen MR) is 99.5 cm³/mol. The van der Waals surface area contributed by atoms with Crippen LogP contribution in [0.25, 0.3) is 10.9 Å². The van der Waals surface area contributed by atoms with Crippen LogP contribution in [0.3, 0.4) is 0 Å². The van der Waals surface area contributed by atoms with Crippen LogP contribution in [0.2, 0.25) is 0 Å². The smallest absolute Gasteiger partial charge is 0.261 e. The van der Waals surface area contributed by atoms with Crippen LogP contribution in [0.4, 0.5) is 0 Å². The van der Waals surface area contributed by atoms with E-state index in [4.69, 9.17) is 4.98 Å². The standard InChI is InChI=1S/C20H20N2OS/c23-20-17-12-6-7-13-18(17)21-19(22(20)15-8-4-5-9-15)14-24-16-10-2-1-3-11-16/h1-3,6-7,10-13,15H,4-5,8-9,14H2. The van der Waals surface area contributed by atoms with Gasteiger partial charge in [-0.3, -0.25) is 9.36 Å². The molecule has 2 aromatic carbocycles. The number of benzene rings is 2. The lowest BCUT2D eigenvalue weighted by Gasteiger charge is -2.19. The van der Waals surface area contributed by atoms with Gasteiger partial charge in [0.1, 0.15) is 5.82 Å². The van der Waals surface area contributed by atoms with Gasteiger partial charge in [-0.2, -0.15) is 0 Å². The Labute approximate surface area is 145 Å². The fourth-order valence-electron chi connectivity index (χ4n) is 3.50. The molecule has 3 nitrogen and oxygen atoms in total. The lowest BCUT2D eigenvalue weighted by molar-refractivity contribution is 0.484. The van der Waals surface area contributed by atoms with Gasteiger partial charge in [0.15, 0.2) is 0 Å². The highest BCUT2D eigenvalue weighted by Gasteiger charge is 2.22. The van der Waals surface area contributed by atoms with Crippen LogP contribution in [0.1, 0.15) is 37.5 Å². The maximum absolute atomic E-state index is 13.1. The molecule has 1 aliphatic rings. The molecule has 3 aromatic rings. The third-order valence-electron chi connectivity index (χ3n) is 4.68. The monoisotopic (exact) mass is 336 g/mol. The fourth-order valence-corrected chi connectivity index (χ4v) is 4.35. The summed E-state index contributed by atoms with van der Waals surface area (Å²) < 4.78 is 1.98. The summed E-state index contributed by atoms with van der Waals surface area (Å²) in [6.45, 7) is 0. The summed E-state index contributed by atoms with van der Waals surface area (Å²) >= 11 is 1.74. The summed E-state index contributed by atoms with van der Waals surface area (Å²) in [5, 5.41) is 0.734. The molecule has 0 N–H and O–H groups in total. The van der Waals surface area contributed by atoms with Crippen LogP contribution < -0.4 is 5.56 Å². The zero-order valence-electron chi connectivity index (χ0n) is 13.5.